The molecule has 0 radical (unpaired) electrons. The molecule has 0 saturated carbocycles. The van der Waals surface area contributed by atoms with Gasteiger partial charge in [0.05, 0.1) is 0 Å². The van der Waals surface area contributed by atoms with Crippen molar-refractivity contribution in [3.05, 3.63) is 24.3 Å². The van der Waals surface area contributed by atoms with E-state index in [2.05, 4.69) is 11.8 Å². The van der Waals surface area contributed by atoms with Crippen LogP contribution in [0, 0.1) is 11.8 Å². The van der Waals surface area contributed by atoms with Crippen molar-refractivity contribution in [1.82, 2.24) is 0 Å². The number of para-hydroxylation sites is 1. The van der Waals surface area contributed by atoms with Crippen LogP contribution in [-0.4, -0.2) is 5.75 Å². The molecule has 2 heteroatoms. The summed E-state index contributed by atoms with van der Waals surface area (Å²) in [4.78, 5) is 1.15. The molecule has 0 aliphatic rings. The normalized spacial score (nSPS) is 9.00. The zero-order chi connectivity index (χ0) is 9.52. The van der Waals surface area contributed by atoms with Gasteiger partial charge in [0.1, 0.15) is 0 Å². The zero-order valence-corrected chi connectivity index (χ0v) is 8.53. The third kappa shape index (κ3) is 3.43. The number of hydrogen-bond acceptors (Lipinski definition) is 2. The number of anilines is 1. The standard InChI is InChI=1S/C11H13NS/c1-2-3-6-9-13-11-8-5-4-7-10(11)12/h4-5,7-8H,6,9,12H2,1H3. The summed E-state index contributed by atoms with van der Waals surface area (Å²) in [6.07, 6.45) is 0.926. The molecule has 0 amide bonds. The summed E-state index contributed by atoms with van der Waals surface area (Å²) in [6.45, 7) is 1.86. The van der Waals surface area contributed by atoms with E-state index >= 15 is 0 Å². The maximum absolute atomic E-state index is 5.78. The molecule has 0 fully saturated rings. The van der Waals surface area contributed by atoms with Gasteiger partial charge in [0, 0.05) is 22.8 Å². The van der Waals surface area contributed by atoms with E-state index < -0.39 is 0 Å². The van der Waals surface area contributed by atoms with Crippen LogP contribution in [0.1, 0.15) is 13.3 Å². The number of nitrogens with two attached hydrogens (primary N) is 1. The van der Waals surface area contributed by atoms with E-state index in [4.69, 9.17) is 5.73 Å². The Labute approximate surface area is 83.7 Å². The Bertz CT molecular complexity index is 322. The van der Waals surface area contributed by atoms with E-state index in [1.807, 2.05) is 31.2 Å². The molecule has 1 aromatic carbocycles. The smallest absolute Gasteiger partial charge is 0.0452 e. The number of nitrogen functional groups attached to an aromatic ring is 1. The summed E-state index contributed by atoms with van der Waals surface area (Å²) in [5.74, 6) is 6.91. The topological polar surface area (TPSA) is 26.0 Å². The lowest BCUT2D eigenvalue weighted by atomic mass is 10.3. The van der Waals surface area contributed by atoms with Crippen molar-refractivity contribution in [3.63, 3.8) is 0 Å². The summed E-state index contributed by atoms with van der Waals surface area (Å²) < 4.78 is 0. The Morgan fingerprint density at radius 3 is 2.85 bits per heavy atom. The van der Waals surface area contributed by atoms with Gasteiger partial charge in [-0.2, -0.15) is 0 Å². The minimum atomic E-state index is 0.858. The first-order chi connectivity index (χ1) is 6.34. The molecular formula is C11H13NS. The van der Waals surface area contributed by atoms with Crippen molar-refractivity contribution in [2.75, 3.05) is 11.5 Å². The highest BCUT2D eigenvalue weighted by molar-refractivity contribution is 7.99. The lowest BCUT2D eigenvalue weighted by Crippen LogP contribution is -1.87. The predicted molar refractivity (Wildman–Crippen MR) is 59.6 cm³/mol. The number of thioether (sulfide) groups is 1. The van der Waals surface area contributed by atoms with Crippen molar-refractivity contribution in [2.24, 2.45) is 0 Å². The van der Waals surface area contributed by atoms with Crippen molar-refractivity contribution in [3.8, 4) is 11.8 Å². The summed E-state index contributed by atoms with van der Waals surface area (Å²) in [6, 6.07) is 7.92. The average molecular weight is 191 g/mol. The van der Waals surface area contributed by atoms with Crippen molar-refractivity contribution < 1.29 is 0 Å². The molecule has 1 nitrogen and oxygen atoms in total. The summed E-state index contributed by atoms with van der Waals surface area (Å²) in [5.41, 5.74) is 6.64. The molecule has 0 bridgehead atoms. The summed E-state index contributed by atoms with van der Waals surface area (Å²) in [5, 5.41) is 0. The molecule has 0 aliphatic heterocycles. The molecule has 0 saturated heterocycles. The van der Waals surface area contributed by atoms with Gasteiger partial charge in [-0.3, -0.25) is 0 Å². The fraction of sp³-hybridized carbons (Fsp3) is 0.273. The van der Waals surface area contributed by atoms with E-state index in [0.717, 1.165) is 22.8 Å². The fourth-order valence-electron chi connectivity index (χ4n) is 0.949. The minimum Gasteiger partial charge on any atom is -0.398 e. The third-order valence-electron chi connectivity index (χ3n) is 1.58. The van der Waals surface area contributed by atoms with E-state index in [1.54, 1.807) is 11.8 Å². The highest BCUT2D eigenvalue weighted by Crippen LogP contribution is 2.24. The highest BCUT2D eigenvalue weighted by Gasteiger charge is 1.96. The number of rotatable bonds is 3. The predicted octanol–water partition coefficient (Wildman–Crippen LogP) is 2.77. The van der Waals surface area contributed by atoms with Crippen LogP contribution in [0.4, 0.5) is 5.69 Å². The highest BCUT2D eigenvalue weighted by atomic mass is 32.2. The summed E-state index contributed by atoms with van der Waals surface area (Å²) >= 11 is 1.76. The van der Waals surface area contributed by atoms with E-state index in [-0.39, 0.29) is 0 Å². The van der Waals surface area contributed by atoms with Crippen LogP contribution in [0.5, 0.6) is 0 Å². The van der Waals surface area contributed by atoms with Gasteiger partial charge in [-0.25, -0.2) is 0 Å². The molecule has 2 N–H and O–H groups in total. The number of hydrogen-bond donors (Lipinski definition) is 1. The Balaban J connectivity index is 2.44. The lowest BCUT2D eigenvalue weighted by molar-refractivity contribution is 1.29. The van der Waals surface area contributed by atoms with E-state index in [1.165, 1.54) is 0 Å². The molecule has 1 rings (SSSR count). The monoisotopic (exact) mass is 191 g/mol. The first-order valence-corrected chi connectivity index (χ1v) is 5.20. The van der Waals surface area contributed by atoms with Gasteiger partial charge in [0.2, 0.25) is 0 Å². The van der Waals surface area contributed by atoms with Gasteiger partial charge in [0.25, 0.3) is 0 Å². The quantitative estimate of drug-likeness (QED) is 0.344. The van der Waals surface area contributed by atoms with Crippen LogP contribution in [0.15, 0.2) is 29.2 Å². The largest absolute Gasteiger partial charge is 0.398 e. The first kappa shape index (κ1) is 10.0. The third-order valence-corrected chi connectivity index (χ3v) is 2.67. The van der Waals surface area contributed by atoms with Crippen LogP contribution in [-0.2, 0) is 0 Å². The number of benzene rings is 1. The average Bonchev–Trinajstić information content (AvgIpc) is 2.15. The Hall–Kier alpha value is -1.07. The second-order valence-corrected chi connectivity index (χ2v) is 3.70. The molecule has 13 heavy (non-hydrogen) atoms. The Morgan fingerprint density at radius 1 is 1.38 bits per heavy atom. The summed E-state index contributed by atoms with van der Waals surface area (Å²) in [7, 11) is 0. The van der Waals surface area contributed by atoms with Crippen molar-refractivity contribution in [2.45, 2.75) is 18.2 Å². The Kier molecular flexibility index (Phi) is 4.28. The second-order valence-electron chi connectivity index (χ2n) is 2.56. The molecule has 0 atom stereocenters. The molecule has 0 aromatic heterocycles. The van der Waals surface area contributed by atoms with Crippen LogP contribution < -0.4 is 5.73 Å². The van der Waals surface area contributed by atoms with Gasteiger partial charge in [-0.1, -0.05) is 12.1 Å². The van der Waals surface area contributed by atoms with Crippen LogP contribution >= 0.6 is 11.8 Å². The second kappa shape index (κ2) is 5.55. The molecule has 0 heterocycles. The molecule has 0 spiro atoms. The molecule has 0 aliphatic carbocycles. The molecular weight excluding hydrogens is 178 g/mol. The molecule has 1 aromatic rings. The SMILES string of the molecule is CC#CCCSc1ccccc1N. The van der Waals surface area contributed by atoms with E-state index in [9.17, 15) is 0 Å². The van der Waals surface area contributed by atoms with Gasteiger partial charge in [0.15, 0.2) is 0 Å². The zero-order valence-electron chi connectivity index (χ0n) is 7.71. The maximum atomic E-state index is 5.78. The fourth-order valence-corrected chi connectivity index (χ4v) is 1.78. The maximum Gasteiger partial charge on any atom is 0.0452 e. The Morgan fingerprint density at radius 2 is 2.15 bits per heavy atom. The van der Waals surface area contributed by atoms with Gasteiger partial charge in [-0.15, -0.1) is 23.6 Å². The molecule has 68 valence electrons. The lowest BCUT2D eigenvalue weighted by Gasteiger charge is -2.02. The van der Waals surface area contributed by atoms with Crippen LogP contribution in [0.25, 0.3) is 0 Å². The van der Waals surface area contributed by atoms with Gasteiger partial charge in [-0.05, 0) is 19.1 Å². The van der Waals surface area contributed by atoms with E-state index in [0.29, 0.717) is 0 Å². The van der Waals surface area contributed by atoms with Crippen LogP contribution in [0.3, 0.4) is 0 Å². The van der Waals surface area contributed by atoms with Gasteiger partial charge >= 0.3 is 0 Å². The van der Waals surface area contributed by atoms with Crippen molar-refractivity contribution >= 4 is 17.4 Å². The molecule has 0 unspecified atom stereocenters. The van der Waals surface area contributed by atoms with Crippen molar-refractivity contribution in [1.29, 1.82) is 0 Å². The van der Waals surface area contributed by atoms with Gasteiger partial charge < -0.3 is 5.73 Å². The first-order valence-electron chi connectivity index (χ1n) is 4.21. The van der Waals surface area contributed by atoms with Crippen LogP contribution in [0.2, 0.25) is 0 Å². The minimum absolute atomic E-state index is 0.858.